The quantitative estimate of drug-likeness (QED) is 0.766. The van der Waals surface area contributed by atoms with Crippen LogP contribution in [0.5, 0.6) is 0 Å². The lowest BCUT2D eigenvalue weighted by Gasteiger charge is -2.02. The van der Waals surface area contributed by atoms with Gasteiger partial charge >= 0.3 is 0 Å². The summed E-state index contributed by atoms with van der Waals surface area (Å²) in [4.78, 5) is 4.33. The van der Waals surface area contributed by atoms with Gasteiger partial charge < -0.3 is 0 Å². The summed E-state index contributed by atoms with van der Waals surface area (Å²) in [5, 5.41) is 0. The number of nitrogens with zero attached hydrogens (tertiary/aromatic N) is 1. The third-order valence-electron chi connectivity index (χ3n) is 2.73. The summed E-state index contributed by atoms with van der Waals surface area (Å²) >= 11 is 0. The molecule has 0 amide bonds. The molecule has 17 heavy (non-hydrogen) atoms. The maximum atomic E-state index is 4.33. The molecule has 0 aliphatic rings. The molecule has 0 bridgehead atoms. The summed E-state index contributed by atoms with van der Waals surface area (Å²) in [5.74, 6) is 0. The van der Waals surface area contributed by atoms with E-state index < -0.39 is 0 Å². The predicted octanol–water partition coefficient (Wildman–Crippen LogP) is 3.90. The van der Waals surface area contributed by atoms with Crippen molar-refractivity contribution < 1.29 is 0 Å². The number of allylic oxidation sites excluding steroid dienone is 1. The summed E-state index contributed by atoms with van der Waals surface area (Å²) in [6, 6.07) is 14.8. The molecule has 0 aliphatic heterocycles. The first-order valence-electron chi connectivity index (χ1n) is 6.00. The van der Waals surface area contributed by atoms with Crippen LogP contribution in [0.3, 0.4) is 0 Å². The lowest BCUT2D eigenvalue weighted by molar-refractivity contribution is 0.913. The van der Waals surface area contributed by atoms with E-state index in [2.05, 4.69) is 47.5 Å². The van der Waals surface area contributed by atoms with Crippen LogP contribution in [-0.2, 0) is 12.8 Å². The van der Waals surface area contributed by atoms with Crippen LogP contribution in [0.4, 0.5) is 0 Å². The number of hydrogen-bond acceptors (Lipinski definition) is 1. The van der Waals surface area contributed by atoms with E-state index in [1.54, 1.807) is 0 Å². The van der Waals surface area contributed by atoms with Gasteiger partial charge in [0.25, 0.3) is 0 Å². The third kappa shape index (κ3) is 3.56. The van der Waals surface area contributed by atoms with Crippen molar-refractivity contribution in [2.75, 3.05) is 0 Å². The standard InChI is InChI=1S/C16H17N/c1-2-5-14-7-9-15(10-8-14)11-12-16-6-3-4-13-17-16/h2-10,13H,11-12H2,1H3/b5-2+. The first-order chi connectivity index (χ1) is 8.38. The summed E-state index contributed by atoms with van der Waals surface area (Å²) in [6.45, 7) is 2.04. The van der Waals surface area contributed by atoms with Crippen molar-refractivity contribution in [2.45, 2.75) is 19.8 Å². The minimum atomic E-state index is 1.00. The van der Waals surface area contributed by atoms with Gasteiger partial charge in [-0.15, -0.1) is 0 Å². The van der Waals surface area contributed by atoms with E-state index in [9.17, 15) is 0 Å². The number of benzene rings is 1. The van der Waals surface area contributed by atoms with Gasteiger partial charge in [0.1, 0.15) is 0 Å². The molecular formula is C16H17N. The maximum absolute atomic E-state index is 4.33. The van der Waals surface area contributed by atoms with Crippen LogP contribution in [0.15, 0.2) is 54.7 Å². The van der Waals surface area contributed by atoms with E-state index in [1.807, 2.05) is 25.3 Å². The Labute approximate surface area is 103 Å². The highest BCUT2D eigenvalue weighted by Crippen LogP contribution is 2.09. The number of aryl methyl sites for hydroxylation is 2. The number of hydrogen-bond donors (Lipinski definition) is 0. The number of rotatable bonds is 4. The van der Waals surface area contributed by atoms with Gasteiger partial charge in [-0.3, -0.25) is 4.98 Å². The number of pyridine rings is 1. The summed E-state index contributed by atoms with van der Waals surface area (Å²) < 4.78 is 0. The highest BCUT2D eigenvalue weighted by molar-refractivity contribution is 5.49. The van der Waals surface area contributed by atoms with E-state index in [1.165, 1.54) is 11.1 Å². The fourth-order valence-corrected chi connectivity index (χ4v) is 1.81. The van der Waals surface area contributed by atoms with Gasteiger partial charge in [0, 0.05) is 11.9 Å². The average molecular weight is 223 g/mol. The van der Waals surface area contributed by atoms with Crippen LogP contribution in [0.25, 0.3) is 6.08 Å². The molecule has 0 aliphatic carbocycles. The zero-order valence-corrected chi connectivity index (χ0v) is 10.1. The SMILES string of the molecule is C/C=C/c1ccc(CCc2ccccn2)cc1. The smallest absolute Gasteiger partial charge is 0.0406 e. The van der Waals surface area contributed by atoms with Crippen molar-refractivity contribution in [1.82, 2.24) is 4.98 Å². The Morgan fingerprint density at radius 2 is 1.82 bits per heavy atom. The van der Waals surface area contributed by atoms with Gasteiger partial charge in [0.2, 0.25) is 0 Å². The fourth-order valence-electron chi connectivity index (χ4n) is 1.81. The van der Waals surface area contributed by atoms with Crippen LogP contribution in [0.1, 0.15) is 23.7 Å². The minimum Gasteiger partial charge on any atom is -0.261 e. The number of aromatic nitrogens is 1. The van der Waals surface area contributed by atoms with Crippen molar-refractivity contribution in [1.29, 1.82) is 0 Å². The second-order valence-electron chi connectivity index (χ2n) is 4.06. The Balaban J connectivity index is 1.95. The van der Waals surface area contributed by atoms with Gasteiger partial charge in [0.05, 0.1) is 0 Å². The molecule has 0 saturated heterocycles. The van der Waals surface area contributed by atoms with Crippen molar-refractivity contribution in [2.24, 2.45) is 0 Å². The molecule has 2 aromatic rings. The third-order valence-corrected chi connectivity index (χ3v) is 2.73. The average Bonchev–Trinajstić information content (AvgIpc) is 2.40. The van der Waals surface area contributed by atoms with Gasteiger partial charge in [0.15, 0.2) is 0 Å². The van der Waals surface area contributed by atoms with Crippen LogP contribution >= 0.6 is 0 Å². The topological polar surface area (TPSA) is 12.9 Å². The van der Waals surface area contributed by atoms with Crippen molar-refractivity contribution in [3.63, 3.8) is 0 Å². The van der Waals surface area contributed by atoms with Crippen LogP contribution in [0, 0.1) is 0 Å². The molecular weight excluding hydrogens is 206 g/mol. The van der Waals surface area contributed by atoms with Crippen LogP contribution in [-0.4, -0.2) is 4.98 Å². The monoisotopic (exact) mass is 223 g/mol. The summed E-state index contributed by atoms with van der Waals surface area (Å²) in [7, 11) is 0. The molecule has 86 valence electrons. The molecule has 1 aromatic heterocycles. The molecule has 0 spiro atoms. The molecule has 0 radical (unpaired) electrons. The van der Waals surface area contributed by atoms with E-state index >= 15 is 0 Å². The Hall–Kier alpha value is -1.89. The lowest BCUT2D eigenvalue weighted by atomic mass is 10.1. The maximum Gasteiger partial charge on any atom is 0.0406 e. The molecule has 0 N–H and O–H groups in total. The fraction of sp³-hybridized carbons (Fsp3) is 0.188. The van der Waals surface area contributed by atoms with Crippen LogP contribution < -0.4 is 0 Å². The van der Waals surface area contributed by atoms with Crippen molar-refractivity contribution in [3.05, 3.63) is 71.6 Å². The zero-order chi connectivity index (χ0) is 11.9. The predicted molar refractivity (Wildman–Crippen MR) is 72.8 cm³/mol. The highest BCUT2D eigenvalue weighted by Gasteiger charge is 1.96. The molecule has 2 rings (SSSR count). The molecule has 0 unspecified atom stereocenters. The van der Waals surface area contributed by atoms with Gasteiger partial charge in [-0.2, -0.15) is 0 Å². The second kappa shape index (κ2) is 6.00. The Morgan fingerprint density at radius 1 is 1.00 bits per heavy atom. The van der Waals surface area contributed by atoms with Gasteiger partial charge in [-0.1, -0.05) is 42.5 Å². The first kappa shape index (κ1) is 11.6. The molecule has 1 heteroatoms. The van der Waals surface area contributed by atoms with Gasteiger partial charge in [-0.05, 0) is 43.0 Å². The van der Waals surface area contributed by atoms with E-state index in [-0.39, 0.29) is 0 Å². The van der Waals surface area contributed by atoms with E-state index in [4.69, 9.17) is 0 Å². The minimum absolute atomic E-state index is 1.00. The Bertz CT molecular complexity index is 469. The lowest BCUT2D eigenvalue weighted by Crippen LogP contribution is -1.93. The first-order valence-corrected chi connectivity index (χ1v) is 6.00. The summed E-state index contributed by atoms with van der Waals surface area (Å²) in [5.41, 5.74) is 3.78. The van der Waals surface area contributed by atoms with Crippen molar-refractivity contribution >= 4 is 6.08 Å². The largest absolute Gasteiger partial charge is 0.261 e. The molecule has 0 atom stereocenters. The Morgan fingerprint density at radius 3 is 2.47 bits per heavy atom. The second-order valence-corrected chi connectivity index (χ2v) is 4.06. The molecule has 1 nitrogen and oxygen atoms in total. The molecule has 0 fully saturated rings. The van der Waals surface area contributed by atoms with E-state index in [0.717, 1.165) is 18.5 Å². The normalized spacial score (nSPS) is 10.9. The Kier molecular flexibility index (Phi) is 4.09. The zero-order valence-electron chi connectivity index (χ0n) is 10.1. The van der Waals surface area contributed by atoms with Gasteiger partial charge in [-0.25, -0.2) is 0 Å². The van der Waals surface area contributed by atoms with Crippen LogP contribution in [0.2, 0.25) is 0 Å². The molecule has 1 heterocycles. The summed E-state index contributed by atoms with van der Waals surface area (Å²) in [6.07, 6.45) is 8.08. The van der Waals surface area contributed by atoms with E-state index in [0.29, 0.717) is 0 Å². The highest BCUT2D eigenvalue weighted by atomic mass is 14.7. The van der Waals surface area contributed by atoms with Crippen molar-refractivity contribution in [3.8, 4) is 0 Å². The molecule has 1 aromatic carbocycles. The molecule has 0 saturated carbocycles.